The van der Waals surface area contributed by atoms with Crippen LogP contribution in [0, 0.1) is 6.92 Å². The van der Waals surface area contributed by atoms with Gasteiger partial charge in [-0.15, -0.1) is 11.3 Å². The predicted octanol–water partition coefficient (Wildman–Crippen LogP) is 3.53. The van der Waals surface area contributed by atoms with E-state index in [0.29, 0.717) is 6.61 Å². The molecule has 0 atom stereocenters. The highest BCUT2D eigenvalue weighted by Gasteiger charge is 2.02. The number of hydrogen-bond donors (Lipinski definition) is 1. The van der Waals surface area contributed by atoms with E-state index in [1.165, 1.54) is 5.56 Å². The quantitative estimate of drug-likeness (QED) is 0.786. The van der Waals surface area contributed by atoms with Crippen molar-refractivity contribution >= 4 is 11.3 Å². The molecule has 0 unspecified atom stereocenters. The molecule has 1 N–H and O–H groups in total. The fourth-order valence-corrected chi connectivity index (χ4v) is 2.48. The van der Waals surface area contributed by atoms with Crippen molar-refractivity contribution in [3.05, 3.63) is 45.9 Å². The summed E-state index contributed by atoms with van der Waals surface area (Å²) in [6, 6.07) is 8.08. The van der Waals surface area contributed by atoms with Gasteiger partial charge in [-0.3, -0.25) is 0 Å². The first-order valence-corrected chi connectivity index (χ1v) is 7.49. The number of ether oxygens (including phenoxy) is 1. The van der Waals surface area contributed by atoms with Crippen LogP contribution in [0.5, 0.6) is 5.75 Å². The van der Waals surface area contributed by atoms with Crippen LogP contribution >= 0.6 is 11.3 Å². The summed E-state index contributed by atoms with van der Waals surface area (Å²) >= 11 is 1.68. The van der Waals surface area contributed by atoms with Crippen molar-refractivity contribution in [2.75, 3.05) is 6.54 Å². The summed E-state index contributed by atoms with van der Waals surface area (Å²) < 4.78 is 5.74. The zero-order valence-electron chi connectivity index (χ0n) is 11.5. The number of hydrogen-bond acceptors (Lipinski definition) is 4. The van der Waals surface area contributed by atoms with Crippen LogP contribution in [0.1, 0.15) is 29.6 Å². The molecule has 0 aliphatic rings. The maximum Gasteiger partial charge on any atom is 0.131 e. The Morgan fingerprint density at radius 2 is 2.26 bits per heavy atom. The van der Waals surface area contributed by atoms with Crippen molar-refractivity contribution < 1.29 is 4.74 Å². The Kier molecular flexibility index (Phi) is 5.36. The number of aryl methyl sites for hydroxylation is 1. The van der Waals surface area contributed by atoms with Crippen LogP contribution in [0.4, 0.5) is 0 Å². The molecule has 1 aromatic heterocycles. The minimum Gasteiger partial charge on any atom is -0.487 e. The van der Waals surface area contributed by atoms with Crippen molar-refractivity contribution in [2.45, 2.75) is 33.4 Å². The Balaban J connectivity index is 1.83. The molecule has 2 rings (SSSR count). The van der Waals surface area contributed by atoms with Gasteiger partial charge in [0, 0.05) is 11.9 Å². The van der Waals surface area contributed by atoms with Gasteiger partial charge in [0.25, 0.3) is 0 Å². The third-order valence-corrected chi connectivity index (χ3v) is 3.58. The van der Waals surface area contributed by atoms with E-state index in [0.717, 1.165) is 36.0 Å². The Morgan fingerprint density at radius 3 is 3.05 bits per heavy atom. The zero-order chi connectivity index (χ0) is 13.5. The van der Waals surface area contributed by atoms with Gasteiger partial charge in [0.15, 0.2) is 0 Å². The fraction of sp³-hybridized carbons (Fsp3) is 0.400. The standard InChI is InChI=1S/C15H20N2OS/c1-3-7-16-9-15-17-13(11-19-15)10-18-14-6-4-5-12(2)8-14/h4-6,8,11,16H,3,7,9-10H2,1-2H3. The molecule has 2 aromatic rings. The van der Waals surface area contributed by atoms with E-state index in [9.17, 15) is 0 Å². The number of rotatable bonds is 7. The molecule has 0 amide bonds. The molecule has 0 spiro atoms. The van der Waals surface area contributed by atoms with E-state index in [1.54, 1.807) is 11.3 Å². The molecule has 0 fully saturated rings. The Morgan fingerprint density at radius 1 is 1.37 bits per heavy atom. The summed E-state index contributed by atoms with van der Waals surface area (Å²) in [5.41, 5.74) is 2.21. The van der Waals surface area contributed by atoms with E-state index in [1.807, 2.05) is 18.2 Å². The zero-order valence-corrected chi connectivity index (χ0v) is 12.3. The number of benzene rings is 1. The van der Waals surface area contributed by atoms with Crippen molar-refractivity contribution in [3.63, 3.8) is 0 Å². The largest absolute Gasteiger partial charge is 0.487 e. The molecule has 0 radical (unpaired) electrons. The summed E-state index contributed by atoms with van der Waals surface area (Å²) in [4.78, 5) is 4.55. The molecule has 0 saturated carbocycles. The Hall–Kier alpha value is -1.39. The van der Waals surface area contributed by atoms with Gasteiger partial charge in [0.05, 0.1) is 5.69 Å². The molecular weight excluding hydrogens is 256 g/mol. The van der Waals surface area contributed by atoms with Crippen molar-refractivity contribution in [1.82, 2.24) is 10.3 Å². The van der Waals surface area contributed by atoms with E-state index in [-0.39, 0.29) is 0 Å². The first-order valence-electron chi connectivity index (χ1n) is 6.61. The Bertz CT molecular complexity index is 510. The molecule has 102 valence electrons. The van der Waals surface area contributed by atoms with Gasteiger partial charge >= 0.3 is 0 Å². The van der Waals surface area contributed by atoms with Crippen LogP contribution in [0.25, 0.3) is 0 Å². The van der Waals surface area contributed by atoms with Crippen LogP contribution < -0.4 is 10.1 Å². The molecule has 0 bridgehead atoms. The van der Waals surface area contributed by atoms with Crippen LogP contribution in [0.2, 0.25) is 0 Å². The lowest BCUT2D eigenvalue weighted by Gasteiger charge is -2.04. The number of nitrogens with one attached hydrogen (secondary N) is 1. The summed E-state index contributed by atoms with van der Waals surface area (Å²) in [5.74, 6) is 0.902. The molecule has 1 aromatic carbocycles. The van der Waals surface area contributed by atoms with Gasteiger partial charge in [-0.2, -0.15) is 0 Å². The van der Waals surface area contributed by atoms with E-state index >= 15 is 0 Å². The molecule has 3 nitrogen and oxygen atoms in total. The van der Waals surface area contributed by atoms with Crippen molar-refractivity contribution in [1.29, 1.82) is 0 Å². The molecule has 0 saturated heterocycles. The number of thiazole rings is 1. The third-order valence-electron chi connectivity index (χ3n) is 2.68. The average Bonchev–Trinajstić information content (AvgIpc) is 2.85. The third kappa shape index (κ3) is 4.65. The normalized spacial score (nSPS) is 10.6. The SMILES string of the molecule is CCCNCc1nc(COc2cccc(C)c2)cs1. The highest BCUT2D eigenvalue weighted by Crippen LogP contribution is 2.16. The average molecular weight is 276 g/mol. The first-order chi connectivity index (χ1) is 9.28. The van der Waals surface area contributed by atoms with Gasteiger partial charge in [-0.25, -0.2) is 4.98 Å². The summed E-state index contributed by atoms with van der Waals surface area (Å²) in [6.45, 7) is 6.65. The maximum absolute atomic E-state index is 5.74. The highest BCUT2D eigenvalue weighted by molar-refractivity contribution is 7.09. The molecule has 1 heterocycles. The summed E-state index contributed by atoms with van der Waals surface area (Å²) in [6.07, 6.45) is 1.15. The maximum atomic E-state index is 5.74. The highest BCUT2D eigenvalue weighted by atomic mass is 32.1. The molecule has 0 aliphatic heterocycles. The molecule has 19 heavy (non-hydrogen) atoms. The number of nitrogens with zero attached hydrogens (tertiary/aromatic N) is 1. The van der Waals surface area contributed by atoms with E-state index in [4.69, 9.17) is 4.74 Å². The summed E-state index contributed by atoms with van der Waals surface area (Å²) in [7, 11) is 0. The molecule has 4 heteroatoms. The minimum atomic E-state index is 0.535. The second-order valence-electron chi connectivity index (χ2n) is 4.51. The topological polar surface area (TPSA) is 34.2 Å². The fourth-order valence-electron chi connectivity index (χ4n) is 1.73. The lowest BCUT2D eigenvalue weighted by molar-refractivity contribution is 0.301. The van der Waals surface area contributed by atoms with Crippen LogP contribution in [-0.2, 0) is 13.2 Å². The van der Waals surface area contributed by atoms with Crippen LogP contribution in [-0.4, -0.2) is 11.5 Å². The number of aromatic nitrogens is 1. The lowest BCUT2D eigenvalue weighted by atomic mass is 10.2. The van der Waals surface area contributed by atoms with Crippen molar-refractivity contribution in [3.8, 4) is 5.75 Å². The second kappa shape index (κ2) is 7.26. The van der Waals surface area contributed by atoms with Crippen LogP contribution in [0.3, 0.4) is 0 Å². The van der Waals surface area contributed by atoms with Crippen molar-refractivity contribution in [2.24, 2.45) is 0 Å². The van der Waals surface area contributed by atoms with Crippen LogP contribution in [0.15, 0.2) is 29.6 Å². The first kappa shape index (κ1) is 14.0. The predicted molar refractivity (Wildman–Crippen MR) is 79.6 cm³/mol. The Labute approximate surface area is 118 Å². The smallest absolute Gasteiger partial charge is 0.131 e. The lowest BCUT2D eigenvalue weighted by Crippen LogP contribution is -2.13. The van der Waals surface area contributed by atoms with E-state index < -0.39 is 0 Å². The summed E-state index contributed by atoms with van der Waals surface area (Å²) in [5, 5.41) is 6.54. The van der Waals surface area contributed by atoms with Gasteiger partial charge in [0.2, 0.25) is 0 Å². The monoisotopic (exact) mass is 276 g/mol. The van der Waals surface area contributed by atoms with E-state index in [2.05, 4.69) is 35.6 Å². The van der Waals surface area contributed by atoms with Gasteiger partial charge in [-0.1, -0.05) is 19.1 Å². The van der Waals surface area contributed by atoms with Gasteiger partial charge < -0.3 is 10.1 Å². The molecule has 0 aliphatic carbocycles. The minimum absolute atomic E-state index is 0.535. The van der Waals surface area contributed by atoms with Gasteiger partial charge in [0.1, 0.15) is 17.4 Å². The molecular formula is C15H20N2OS. The van der Waals surface area contributed by atoms with Gasteiger partial charge in [-0.05, 0) is 37.6 Å². The second-order valence-corrected chi connectivity index (χ2v) is 5.46.